The molecule has 0 aromatic heterocycles. The third-order valence-corrected chi connectivity index (χ3v) is 2.94. The van der Waals surface area contributed by atoms with E-state index in [9.17, 15) is 4.79 Å². The van der Waals surface area contributed by atoms with Gasteiger partial charge in [0.05, 0.1) is 0 Å². The molecule has 0 aliphatic carbocycles. The SMILES string of the molecule is NCCCCCCC(=O)NC1CCOCC1. The van der Waals surface area contributed by atoms with E-state index in [-0.39, 0.29) is 5.91 Å². The maximum absolute atomic E-state index is 11.6. The van der Waals surface area contributed by atoms with E-state index in [1.807, 2.05) is 0 Å². The molecule has 1 fully saturated rings. The van der Waals surface area contributed by atoms with Gasteiger partial charge in [0.2, 0.25) is 5.91 Å². The van der Waals surface area contributed by atoms with Crippen LogP contribution in [0.5, 0.6) is 0 Å². The van der Waals surface area contributed by atoms with Crippen molar-refractivity contribution in [3.8, 4) is 0 Å². The Hall–Kier alpha value is -0.610. The maximum Gasteiger partial charge on any atom is 0.220 e. The number of rotatable bonds is 7. The Morgan fingerprint density at radius 3 is 2.56 bits per heavy atom. The lowest BCUT2D eigenvalue weighted by Gasteiger charge is -2.23. The highest BCUT2D eigenvalue weighted by Gasteiger charge is 2.15. The molecule has 1 heterocycles. The monoisotopic (exact) mass is 228 g/mol. The van der Waals surface area contributed by atoms with Gasteiger partial charge >= 0.3 is 0 Å². The number of ether oxygens (including phenoxy) is 1. The quantitative estimate of drug-likeness (QED) is 0.643. The first-order chi connectivity index (χ1) is 7.83. The fourth-order valence-electron chi connectivity index (χ4n) is 1.93. The van der Waals surface area contributed by atoms with Crippen molar-refractivity contribution < 1.29 is 9.53 Å². The number of nitrogens with one attached hydrogen (secondary N) is 1. The van der Waals surface area contributed by atoms with Crippen LogP contribution in [0.4, 0.5) is 0 Å². The molecule has 0 spiro atoms. The topological polar surface area (TPSA) is 64.4 Å². The standard InChI is InChI=1S/C12H24N2O2/c13-8-4-2-1-3-5-12(15)14-11-6-9-16-10-7-11/h11H,1-10,13H2,(H,14,15). The van der Waals surface area contributed by atoms with Gasteiger partial charge in [-0.05, 0) is 32.2 Å². The summed E-state index contributed by atoms with van der Waals surface area (Å²) < 4.78 is 5.24. The molecule has 1 amide bonds. The summed E-state index contributed by atoms with van der Waals surface area (Å²) in [4.78, 5) is 11.6. The highest BCUT2D eigenvalue weighted by Crippen LogP contribution is 2.07. The first-order valence-electron chi connectivity index (χ1n) is 6.40. The van der Waals surface area contributed by atoms with Crippen LogP contribution in [0, 0.1) is 0 Å². The predicted octanol–water partition coefficient (Wildman–Crippen LogP) is 1.19. The third kappa shape index (κ3) is 6.08. The van der Waals surface area contributed by atoms with E-state index in [1.165, 1.54) is 0 Å². The zero-order valence-corrected chi connectivity index (χ0v) is 10.0. The summed E-state index contributed by atoms with van der Waals surface area (Å²) in [5.41, 5.74) is 5.40. The van der Waals surface area contributed by atoms with Crippen molar-refractivity contribution in [3.63, 3.8) is 0 Å². The van der Waals surface area contributed by atoms with E-state index in [2.05, 4.69) is 5.32 Å². The van der Waals surface area contributed by atoms with Crippen LogP contribution in [0.2, 0.25) is 0 Å². The van der Waals surface area contributed by atoms with Crippen LogP contribution in [0.1, 0.15) is 44.9 Å². The molecule has 1 aliphatic rings. The van der Waals surface area contributed by atoms with Gasteiger partial charge in [-0.25, -0.2) is 0 Å². The molecule has 0 radical (unpaired) electrons. The Bertz CT molecular complexity index is 191. The summed E-state index contributed by atoms with van der Waals surface area (Å²) in [6, 6.07) is 0.338. The van der Waals surface area contributed by atoms with E-state index >= 15 is 0 Å². The summed E-state index contributed by atoms with van der Waals surface area (Å²) in [6.45, 7) is 2.32. The van der Waals surface area contributed by atoms with Gasteiger partial charge in [0, 0.05) is 25.7 Å². The summed E-state index contributed by atoms with van der Waals surface area (Å²) in [5.74, 6) is 0.194. The van der Waals surface area contributed by atoms with Gasteiger partial charge in [0.25, 0.3) is 0 Å². The van der Waals surface area contributed by atoms with Gasteiger partial charge < -0.3 is 15.8 Å². The zero-order valence-electron chi connectivity index (χ0n) is 10.0. The van der Waals surface area contributed by atoms with Crippen LogP contribution >= 0.6 is 0 Å². The molecule has 3 N–H and O–H groups in total. The number of nitrogens with two attached hydrogens (primary N) is 1. The Morgan fingerprint density at radius 2 is 1.88 bits per heavy atom. The number of hydrogen-bond donors (Lipinski definition) is 2. The van der Waals surface area contributed by atoms with E-state index in [0.717, 1.165) is 58.3 Å². The Labute approximate surface area is 97.9 Å². The zero-order chi connectivity index (χ0) is 11.6. The van der Waals surface area contributed by atoms with Crippen LogP contribution in [0.15, 0.2) is 0 Å². The van der Waals surface area contributed by atoms with Gasteiger partial charge in [0.1, 0.15) is 0 Å². The van der Waals surface area contributed by atoms with Crippen molar-refractivity contribution in [2.45, 2.75) is 51.0 Å². The molecule has 1 aliphatic heterocycles. The molecular weight excluding hydrogens is 204 g/mol. The number of carbonyl (C=O) groups excluding carboxylic acids is 1. The van der Waals surface area contributed by atoms with Gasteiger partial charge in [-0.2, -0.15) is 0 Å². The molecule has 94 valence electrons. The van der Waals surface area contributed by atoms with Crippen molar-refractivity contribution in [2.75, 3.05) is 19.8 Å². The summed E-state index contributed by atoms with van der Waals surface area (Å²) in [6.07, 6.45) is 6.87. The largest absolute Gasteiger partial charge is 0.381 e. The minimum Gasteiger partial charge on any atom is -0.381 e. The van der Waals surface area contributed by atoms with E-state index < -0.39 is 0 Å². The normalized spacial score (nSPS) is 17.3. The van der Waals surface area contributed by atoms with Crippen molar-refractivity contribution in [1.29, 1.82) is 0 Å². The first kappa shape index (κ1) is 13.5. The molecule has 0 aromatic carbocycles. The maximum atomic E-state index is 11.6. The second-order valence-electron chi connectivity index (χ2n) is 4.41. The van der Waals surface area contributed by atoms with Crippen LogP contribution < -0.4 is 11.1 Å². The minimum absolute atomic E-state index is 0.194. The predicted molar refractivity (Wildman–Crippen MR) is 64.1 cm³/mol. The molecule has 0 unspecified atom stereocenters. The number of hydrogen-bond acceptors (Lipinski definition) is 3. The molecular formula is C12H24N2O2. The highest BCUT2D eigenvalue weighted by molar-refractivity contribution is 5.76. The molecule has 4 heteroatoms. The number of carbonyl (C=O) groups is 1. The summed E-state index contributed by atoms with van der Waals surface area (Å²) in [5, 5.41) is 3.07. The lowest BCUT2D eigenvalue weighted by atomic mass is 10.1. The average Bonchev–Trinajstić information content (AvgIpc) is 2.30. The van der Waals surface area contributed by atoms with Crippen LogP contribution in [0.3, 0.4) is 0 Å². The Kier molecular flexibility index (Phi) is 7.17. The van der Waals surface area contributed by atoms with E-state index in [4.69, 9.17) is 10.5 Å². The van der Waals surface area contributed by atoms with Crippen molar-refractivity contribution in [1.82, 2.24) is 5.32 Å². The minimum atomic E-state index is 0.194. The number of unbranched alkanes of at least 4 members (excludes halogenated alkanes) is 3. The number of amides is 1. The lowest BCUT2D eigenvalue weighted by Crippen LogP contribution is -2.38. The summed E-state index contributed by atoms with van der Waals surface area (Å²) in [7, 11) is 0. The average molecular weight is 228 g/mol. The van der Waals surface area contributed by atoms with Gasteiger partial charge in [-0.1, -0.05) is 12.8 Å². The van der Waals surface area contributed by atoms with Crippen LogP contribution in [-0.4, -0.2) is 31.7 Å². The van der Waals surface area contributed by atoms with E-state index in [1.54, 1.807) is 0 Å². The van der Waals surface area contributed by atoms with Gasteiger partial charge in [-0.3, -0.25) is 4.79 Å². The molecule has 4 nitrogen and oxygen atoms in total. The van der Waals surface area contributed by atoms with Crippen LogP contribution in [-0.2, 0) is 9.53 Å². The first-order valence-corrected chi connectivity index (χ1v) is 6.40. The smallest absolute Gasteiger partial charge is 0.220 e. The van der Waals surface area contributed by atoms with Crippen LogP contribution in [0.25, 0.3) is 0 Å². The fraction of sp³-hybridized carbons (Fsp3) is 0.917. The molecule has 0 aromatic rings. The molecule has 1 rings (SSSR count). The molecule has 1 saturated heterocycles. The molecule has 0 atom stereocenters. The molecule has 0 saturated carbocycles. The van der Waals surface area contributed by atoms with Crippen molar-refractivity contribution in [3.05, 3.63) is 0 Å². The second-order valence-corrected chi connectivity index (χ2v) is 4.41. The van der Waals surface area contributed by atoms with Crippen molar-refractivity contribution in [2.24, 2.45) is 5.73 Å². The van der Waals surface area contributed by atoms with Gasteiger partial charge in [0.15, 0.2) is 0 Å². The fourth-order valence-corrected chi connectivity index (χ4v) is 1.93. The van der Waals surface area contributed by atoms with Crippen molar-refractivity contribution >= 4 is 5.91 Å². The van der Waals surface area contributed by atoms with Gasteiger partial charge in [-0.15, -0.1) is 0 Å². The summed E-state index contributed by atoms with van der Waals surface area (Å²) >= 11 is 0. The highest BCUT2D eigenvalue weighted by atomic mass is 16.5. The third-order valence-electron chi connectivity index (χ3n) is 2.94. The second kappa shape index (κ2) is 8.53. The Balaban J connectivity index is 1.97. The molecule has 0 bridgehead atoms. The van der Waals surface area contributed by atoms with E-state index in [0.29, 0.717) is 12.5 Å². The lowest BCUT2D eigenvalue weighted by molar-refractivity contribution is -0.122. The molecule has 16 heavy (non-hydrogen) atoms. The Morgan fingerprint density at radius 1 is 1.19 bits per heavy atom.